The van der Waals surface area contributed by atoms with E-state index in [-0.39, 0.29) is 5.82 Å². The molecule has 21 heavy (non-hydrogen) atoms. The van der Waals surface area contributed by atoms with Crippen LogP contribution in [0.5, 0.6) is 0 Å². The van der Waals surface area contributed by atoms with E-state index in [4.69, 9.17) is 11.6 Å². The molecule has 0 aliphatic rings. The average Bonchev–Trinajstić information content (AvgIpc) is 3.07. The molecule has 0 saturated carbocycles. The number of halogens is 2. The highest BCUT2D eigenvalue weighted by molar-refractivity contribution is 6.31. The van der Waals surface area contributed by atoms with Crippen LogP contribution in [0.15, 0.2) is 36.7 Å². The van der Waals surface area contributed by atoms with Crippen LogP contribution < -0.4 is 0 Å². The molecule has 5 nitrogen and oxygen atoms in total. The Morgan fingerprint density at radius 2 is 2.00 bits per heavy atom. The Morgan fingerprint density at radius 1 is 1.29 bits per heavy atom. The number of aromatic amines is 1. The van der Waals surface area contributed by atoms with Crippen LogP contribution in [0, 0.1) is 5.82 Å². The standard InChI is InChI=1S/C14H12ClFN4O/c1-20-13(11(15)7-18-20)14(21)10-6-17-19-12(10)8-2-4-9(16)5-3-8/h2-7,14,21H,1H3,(H,17,19). The number of nitrogens with zero attached hydrogens (tertiary/aromatic N) is 3. The summed E-state index contributed by atoms with van der Waals surface area (Å²) in [6.45, 7) is 0. The molecule has 1 unspecified atom stereocenters. The normalized spacial score (nSPS) is 12.6. The molecule has 3 rings (SSSR count). The molecule has 1 aromatic carbocycles. The van der Waals surface area contributed by atoms with Crippen molar-refractivity contribution >= 4 is 11.6 Å². The summed E-state index contributed by atoms with van der Waals surface area (Å²) in [5.41, 5.74) is 2.36. The molecular weight excluding hydrogens is 295 g/mol. The second-order valence-corrected chi connectivity index (χ2v) is 5.02. The number of nitrogens with one attached hydrogen (secondary N) is 1. The van der Waals surface area contributed by atoms with Crippen molar-refractivity contribution in [1.82, 2.24) is 20.0 Å². The highest BCUT2D eigenvalue weighted by atomic mass is 35.5. The smallest absolute Gasteiger partial charge is 0.126 e. The molecule has 0 fully saturated rings. The van der Waals surface area contributed by atoms with E-state index in [0.29, 0.717) is 22.0 Å². The van der Waals surface area contributed by atoms with Crippen molar-refractivity contribution in [3.05, 3.63) is 58.8 Å². The maximum absolute atomic E-state index is 13.0. The Labute approximate surface area is 125 Å². The largest absolute Gasteiger partial charge is 0.382 e. The lowest BCUT2D eigenvalue weighted by molar-refractivity contribution is 0.210. The lowest BCUT2D eigenvalue weighted by Gasteiger charge is -2.12. The Kier molecular flexibility index (Phi) is 3.48. The third-order valence-electron chi connectivity index (χ3n) is 3.29. The highest BCUT2D eigenvalue weighted by Crippen LogP contribution is 2.32. The topological polar surface area (TPSA) is 66.7 Å². The molecule has 108 valence electrons. The minimum Gasteiger partial charge on any atom is -0.382 e. The minimum absolute atomic E-state index is 0.324. The SMILES string of the molecule is Cn1ncc(Cl)c1C(O)c1cn[nH]c1-c1ccc(F)cc1. The van der Waals surface area contributed by atoms with Gasteiger partial charge in [0.25, 0.3) is 0 Å². The van der Waals surface area contributed by atoms with Crippen molar-refractivity contribution in [1.29, 1.82) is 0 Å². The van der Waals surface area contributed by atoms with Gasteiger partial charge in [-0.3, -0.25) is 9.78 Å². The number of aliphatic hydroxyl groups excluding tert-OH is 1. The lowest BCUT2D eigenvalue weighted by atomic mass is 10.0. The van der Waals surface area contributed by atoms with E-state index in [1.54, 1.807) is 19.2 Å². The zero-order chi connectivity index (χ0) is 15.0. The van der Waals surface area contributed by atoms with Crippen LogP contribution in [0.4, 0.5) is 4.39 Å². The molecule has 0 saturated heterocycles. The van der Waals surface area contributed by atoms with E-state index in [1.165, 1.54) is 29.2 Å². The van der Waals surface area contributed by atoms with Gasteiger partial charge in [-0.1, -0.05) is 11.6 Å². The van der Waals surface area contributed by atoms with Crippen molar-refractivity contribution in [3.8, 4) is 11.3 Å². The van der Waals surface area contributed by atoms with Gasteiger partial charge in [0.05, 0.1) is 28.8 Å². The van der Waals surface area contributed by atoms with Gasteiger partial charge in [-0.15, -0.1) is 0 Å². The van der Waals surface area contributed by atoms with Gasteiger partial charge < -0.3 is 5.11 Å². The first-order valence-electron chi connectivity index (χ1n) is 6.22. The predicted octanol–water partition coefficient (Wildman–Crippen LogP) is 2.68. The number of aryl methyl sites for hydroxylation is 1. The summed E-state index contributed by atoms with van der Waals surface area (Å²) >= 11 is 6.05. The fraction of sp³-hybridized carbons (Fsp3) is 0.143. The van der Waals surface area contributed by atoms with E-state index >= 15 is 0 Å². The molecule has 0 amide bonds. The quantitative estimate of drug-likeness (QED) is 0.782. The van der Waals surface area contributed by atoms with E-state index in [9.17, 15) is 9.50 Å². The van der Waals surface area contributed by atoms with Gasteiger partial charge in [-0.2, -0.15) is 10.2 Å². The van der Waals surface area contributed by atoms with Crippen LogP contribution in [-0.2, 0) is 7.05 Å². The maximum Gasteiger partial charge on any atom is 0.126 e. The molecule has 2 N–H and O–H groups in total. The molecule has 2 heterocycles. The van der Waals surface area contributed by atoms with Crippen LogP contribution in [0.3, 0.4) is 0 Å². The Morgan fingerprint density at radius 3 is 2.62 bits per heavy atom. The predicted molar refractivity (Wildman–Crippen MR) is 76.3 cm³/mol. The van der Waals surface area contributed by atoms with Gasteiger partial charge in [-0.25, -0.2) is 4.39 Å². The number of H-pyrrole nitrogens is 1. The van der Waals surface area contributed by atoms with Crippen LogP contribution in [0.25, 0.3) is 11.3 Å². The number of hydrogen-bond donors (Lipinski definition) is 2. The third kappa shape index (κ3) is 2.43. The van der Waals surface area contributed by atoms with Crippen molar-refractivity contribution < 1.29 is 9.50 Å². The molecule has 0 radical (unpaired) electrons. The van der Waals surface area contributed by atoms with Crippen molar-refractivity contribution in [2.24, 2.45) is 7.05 Å². The summed E-state index contributed by atoms with van der Waals surface area (Å²) in [5, 5.41) is 21.7. The second kappa shape index (κ2) is 5.31. The highest BCUT2D eigenvalue weighted by Gasteiger charge is 2.23. The molecular formula is C14H12ClFN4O. The zero-order valence-corrected chi connectivity index (χ0v) is 11.8. The first-order valence-corrected chi connectivity index (χ1v) is 6.60. The molecule has 0 aliphatic heterocycles. The van der Waals surface area contributed by atoms with Gasteiger partial charge in [-0.05, 0) is 24.3 Å². The van der Waals surface area contributed by atoms with E-state index in [2.05, 4.69) is 15.3 Å². The van der Waals surface area contributed by atoms with Crippen LogP contribution in [0.1, 0.15) is 17.4 Å². The first kappa shape index (κ1) is 13.8. The number of rotatable bonds is 3. The molecule has 0 spiro atoms. The molecule has 3 aromatic rings. The number of aliphatic hydroxyl groups is 1. The van der Waals surface area contributed by atoms with Gasteiger partial charge in [0.2, 0.25) is 0 Å². The van der Waals surface area contributed by atoms with E-state index in [0.717, 1.165) is 5.56 Å². The molecule has 1 atom stereocenters. The van der Waals surface area contributed by atoms with Gasteiger partial charge in [0.1, 0.15) is 11.9 Å². The maximum atomic E-state index is 13.0. The molecule has 7 heteroatoms. The van der Waals surface area contributed by atoms with E-state index < -0.39 is 6.10 Å². The van der Waals surface area contributed by atoms with Crippen LogP contribution in [-0.4, -0.2) is 25.1 Å². The van der Waals surface area contributed by atoms with Crippen LogP contribution >= 0.6 is 11.6 Å². The van der Waals surface area contributed by atoms with Gasteiger partial charge in [0, 0.05) is 18.2 Å². The number of benzene rings is 1. The van der Waals surface area contributed by atoms with Crippen LogP contribution in [0.2, 0.25) is 5.02 Å². The zero-order valence-electron chi connectivity index (χ0n) is 11.1. The number of aromatic nitrogens is 4. The Balaban J connectivity index is 2.05. The van der Waals surface area contributed by atoms with Crippen molar-refractivity contribution in [3.63, 3.8) is 0 Å². The Bertz CT molecular complexity index is 746. The summed E-state index contributed by atoms with van der Waals surface area (Å²) in [7, 11) is 1.70. The summed E-state index contributed by atoms with van der Waals surface area (Å²) in [4.78, 5) is 0. The average molecular weight is 307 g/mol. The van der Waals surface area contributed by atoms with E-state index in [1.807, 2.05) is 0 Å². The summed E-state index contributed by atoms with van der Waals surface area (Å²) < 4.78 is 14.5. The summed E-state index contributed by atoms with van der Waals surface area (Å²) in [6, 6.07) is 5.93. The lowest BCUT2D eigenvalue weighted by Crippen LogP contribution is -2.07. The monoisotopic (exact) mass is 306 g/mol. The summed E-state index contributed by atoms with van der Waals surface area (Å²) in [6.07, 6.45) is 2.01. The molecule has 0 bridgehead atoms. The molecule has 0 aliphatic carbocycles. The fourth-order valence-electron chi connectivity index (χ4n) is 2.23. The van der Waals surface area contributed by atoms with Gasteiger partial charge in [0.15, 0.2) is 0 Å². The fourth-order valence-corrected chi connectivity index (χ4v) is 2.49. The first-order chi connectivity index (χ1) is 10.1. The number of hydrogen-bond acceptors (Lipinski definition) is 3. The third-order valence-corrected chi connectivity index (χ3v) is 3.58. The minimum atomic E-state index is -0.983. The Hall–Kier alpha value is -2.18. The summed E-state index contributed by atoms with van der Waals surface area (Å²) in [5.74, 6) is -0.324. The second-order valence-electron chi connectivity index (χ2n) is 4.61. The van der Waals surface area contributed by atoms with Gasteiger partial charge >= 0.3 is 0 Å². The van der Waals surface area contributed by atoms with Crippen molar-refractivity contribution in [2.45, 2.75) is 6.10 Å². The molecule has 2 aromatic heterocycles. The van der Waals surface area contributed by atoms with Crippen molar-refractivity contribution in [2.75, 3.05) is 0 Å².